The molecule has 0 radical (unpaired) electrons. The summed E-state index contributed by atoms with van der Waals surface area (Å²) in [6.07, 6.45) is -0.819. The van der Waals surface area contributed by atoms with Crippen LogP contribution in [0.15, 0.2) is 35.3 Å². The summed E-state index contributed by atoms with van der Waals surface area (Å²) in [6, 6.07) is 6.43. The topological polar surface area (TPSA) is 113 Å². The fourth-order valence-corrected chi connectivity index (χ4v) is 4.73. The standard InChI is InChI=1S/C19H20BNO7/c1-9-7-13-15(18(24)21(17(13)23)19(25)27-2)12-8-14(28-20(26)16(9)12)10-3-5-11(22)6-4-10/h3-6,12-15,22,26H,7-8H2,1-2H3/t12-,13-,14-,15+/m0/s1. The van der Waals surface area contributed by atoms with Gasteiger partial charge in [-0.25, -0.2) is 4.79 Å². The zero-order valence-corrected chi connectivity index (χ0v) is 15.5. The Labute approximate surface area is 161 Å². The lowest BCUT2D eigenvalue weighted by atomic mass is 9.55. The van der Waals surface area contributed by atoms with Crippen molar-refractivity contribution >= 4 is 25.0 Å². The molecule has 0 bridgehead atoms. The largest absolute Gasteiger partial charge is 0.508 e. The number of carbonyl (C=O) groups is 3. The number of phenolic OH excluding ortho intramolecular Hbond substituents is 1. The Morgan fingerprint density at radius 3 is 2.54 bits per heavy atom. The Morgan fingerprint density at radius 2 is 1.89 bits per heavy atom. The second-order valence-electron chi connectivity index (χ2n) is 7.46. The van der Waals surface area contributed by atoms with Crippen LogP contribution in [0, 0.1) is 17.8 Å². The van der Waals surface area contributed by atoms with Crippen molar-refractivity contribution in [2.75, 3.05) is 7.11 Å². The van der Waals surface area contributed by atoms with Crippen molar-refractivity contribution in [2.24, 2.45) is 17.8 Å². The average molecular weight is 385 g/mol. The summed E-state index contributed by atoms with van der Waals surface area (Å²) in [7, 11) is -0.0765. The molecular formula is C19H20BNO7. The minimum absolute atomic E-state index is 0.111. The molecule has 2 fully saturated rings. The molecule has 0 saturated carbocycles. The number of aromatic hydroxyl groups is 1. The molecule has 28 heavy (non-hydrogen) atoms. The third kappa shape index (κ3) is 2.73. The number of hydrogen-bond acceptors (Lipinski definition) is 7. The van der Waals surface area contributed by atoms with Crippen molar-refractivity contribution in [3.05, 3.63) is 40.9 Å². The van der Waals surface area contributed by atoms with Gasteiger partial charge in [0.05, 0.1) is 25.0 Å². The third-order valence-electron chi connectivity index (χ3n) is 5.98. The van der Waals surface area contributed by atoms with E-state index in [0.29, 0.717) is 23.2 Å². The molecule has 2 N–H and O–H groups in total. The molecule has 2 aliphatic heterocycles. The number of rotatable bonds is 1. The molecule has 2 heterocycles. The Morgan fingerprint density at radius 1 is 1.21 bits per heavy atom. The van der Waals surface area contributed by atoms with E-state index in [1.165, 1.54) is 12.1 Å². The Kier molecular flexibility index (Phi) is 4.51. The predicted octanol–water partition coefficient (Wildman–Crippen LogP) is 1.58. The maximum atomic E-state index is 12.9. The fraction of sp³-hybridized carbons (Fsp3) is 0.421. The van der Waals surface area contributed by atoms with Gasteiger partial charge in [0, 0.05) is 0 Å². The fourth-order valence-electron chi connectivity index (χ4n) is 4.73. The molecule has 146 valence electrons. The van der Waals surface area contributed by atoms with Crippen molar-refractivity contribution in [3.63, 3.8) is 0 Å². The van der Waals surface area contributed by atoms with Crippen LogP contribution in [-0.2, 0) is 19.0 Å². The highest BCUT2D eigenvalue weighted by atomic mass is 16.5. The van der Waals surface area contributed by atoms with Crippen molar-refractivity contribution in [1.29, 1.82) is 0 Å². The number of methoxy groups -OCH3 is 1. The number of benzene rings is 1. The van der Waals surface area contributed by atoms with Gasteiger partial charge in [-0.05, 0) is 48.9 Å². The van der Waals surface area contributed by atoms with Gasteiger partial charge >= 0.3 is 13.2 Å². The molecule has 1 aromatic carbocycles. The van der Waals surface area contributed by atoms with E-state index in [0.717, 1.165) is 18.2 Å². The maximum absolute atomic E-state index is 12.9. The highest BCUT2D eigenvalue weighted by Gasteiger charge is 2.59. The van der Waals surface area contributed by atoms with Crippen LogP contribution in [0.2, 0.25) is 0 Å². The van der Waals surface area contributed by atoms with Crippen LogP contribution in [0.25, 0.3) is 0 Å². The van der Waals surface area contributed by atoms with Gasteiger partial charge in [0.25, 0.3) is 0 Å². The second kappa shape index (κ2) is 6.75. The lowest BCUT2D eigenvalue weighted by Crippen LogP contribution is -2.44. The number of hydrogen-bond donors (Lipinski definition) is 2. The van der Waals surface area contributed by atoms with Crippen LogP contribution in [0.5, 0.6) is 5.75 Å². The molecule has 4 rings (SSSR count). The monoisotopic (exact) mass is 385 g/mol. The number of phenols is 1. The summed E-state index contributed by atoms with van der Waals surface area (Å²) in [5.41, 5.74) is 2.16. The number of nitrogens with zero attached hydrogens (tertiary/aromatic N) is 1. The highest BCUT2D eigenvalue weighted by Crippen LogP contribution is 2.51. The number of fused-ring (bicyclic) bond motifs is 3. The lowest BCUT2D eigenvalue weighted by Gasteiger charge is -2.41. The number of ether oxygens (including phenoxy) is 1. The van der Waals surface area contributed by atoms with Crippen molar-refractivity contribution < 1.29 is 33.9 Å². The minimum atomic E-state index is -1.20. The molecule has 0 aromatic heterocycles. The smallest absolute Gasteiger partial charge is 0.487 e. The first kappa shape index (κ1) is 18.7. The second-order valence-corrected chi connectivity index (χ2v) is 7.46. The van der Waals surface area contributed by atoms with Crippen LogP contribution in [-0.4, -0.2) is 47.2 Å². The van der Waals surface area contributed by atoms with Gasteiger partial charge in [0.1, 0.15) is 5.75 Å². The summed E-state index contributed by atoms with van der Waals surface area (Å²) >= 11 is 0. The normalized spacial score (nSPS) is 29.7. The summed E-state index contributed by atoms with van der Waals surface area (Å²) in [5, 5.41) is 20.1. The Balaban J connectivity index is 1.71. The SMILES string of the molecule is COC(=O)N1C(=O)[C@H]2[C@H](CC(C)=C3B(O)O[C@H](c4ccc(O)cc4)C[C@H]32)C1=O. The number of amides is 3. The van der Waals surface area contributed by atoms with Gasteiger partial charge in [0.2, 0.25) is 11.8 Å². The van der Waals surface area contributed by atoms with E-state index in [1.807, 2.05) is 6.92 Å². The zero-order valence-electron chi connectivity index (χ0n) is 15.5. The van der Waals surface area contributed by atoms with E-state index in [2.05, 4.69) is 4.74 Å². The first-order valence-corrected chi connectivity index (χ1v) is 9.11. The zero-order chi connectivity index (χ0) is 20.2. The summed E-state index contributed by atoms with van der Waals surface area (Å²) in [4.78, 5) is 38.2. The van der Waals surface area contributed by atoms with E-state index in [-0.39, 0.29) is 5.75 Å². The van der Waals surface area contributed by atoms with Gasteiger partial charge in [-0.1, -0.05) is 17.7 Å². The predicted molar refractivity (Wildman–Crippen MR) is 96.6 cm³/mol. The Hall–Kier alpha value is -2.65. The molecule has 0 unspecified atom stereocenters. The van der Waals surface area contributed by atoms with E-state index < -0.39 is 48.9 Å². The first-order valence-electron chi connectivity index (χ1n) is 9.11. The van der Waals surface area contributed by atoms with Crippen molar-refractivity contribution in [2.45, 2.75) is 25.9 Å². The molecule has 9 heteroatoms. The third-order valence-corrected chi connectivity index (χ3v) is 5.98. The number of carbonyl (C=O) groups excluding carboxylic acids is 3. The minimum Gasteiger partial charge on any atom is -0.508 e. The van der Waals surface area contributed by atoms with Crippen LogP contribution < -0.4 is 0 Å². The summed E-state index contributed by atoms with van der Waals surface area (Å²) in [5.74, 6) is -2.83. The highest BCUT2D eigenvalue weighted by molar-refractivity contribution is 6.53. The van der Waals surface area contributed by atoms with Gasteiger partial charge in [-0.3, -0.25) is 9.59 Å². The van der Waals surface area contributed by atoms with E-state index in [9.17, 15) is 24.5 Å². The van der Waals surface area contributed by atoms with Crippen LogP contribution in [0.1, 0.15) is 31.4 Å². The molecule has 1 aliphatic carbocycles. The molecular weight excluding hydrogens is 365 g/mol. The first-order chi connectivity index (χ1) is 13.3. The molecule has 4 atom stereocenters. The molecule has 3 aliphatic rings. The lowest BCUT2D eigenvalue weighted by molar-refractivity contribution is -0.137. The van der Waals surface area contributed by atoms with E-state index in [4.69, 9.17) is 4.65 Å². The van der Waals surface area contributed by atoms with Crippen molar-refractivity contribution in [1.82, 2.24) is 4.90 Å². The van der Waals surface area contributed by atoms with Gasteiger partial charge in [0.15, 0.2) is 0 Å². The molecule has 1 aromatic rings. The van der Waals surface area contributed by atoms with Crippen LogP contribution >= 0.6 is 0 Å². The average Bonchev–Trinajstić information content (AvgIpc) is 2.91. The number of likely N-dealkylation sites (tertiary alicyclic amines) is 1. The molecule has 8 nitrogen and oxygen atoms in total. The number of imide groups is 3. The number of allylic oxidation sites excluding steroid dienone is 2. The van der Waals surface area contributed by atoms with Crippen LogP contribution in [0.4, 0.5) is 4.79 Å². The van der Waals surface area contributed by atoms with E-state index >= 15 is 0 Å². The Bertz CT molecular complexity index is 881. The van der Waals surface area contributed by atoms with Crippen molar-refractivity contribution in [3.8, 4) is 5.75 Å². The summed E-state index contributed by atoms with van der Waals surface area (Å²) in [6.45, 7) is 1.81. The molecule has 3 amide bonds. The molecule has 2 saturated heterocycles. The quantitative estimate of drug-likeness (QED) is 0.557. The maximum Gasteiger partial charge on any atom is 0.487 e. The van der Waals surface area contributed by atoms with Gasteiger partial charge in [-0.2, -0.15) is 4.90 Å². The molecule has 0 spiro atoms. The summed E-state index contributed by atoms with van der Waals surface area (Å²) < 4.78 is 10.4. The van der Waals surface area contributed by atoms with Crippen LogP contribution in [0.3, 0.4) is 0 Å². The van der Waals surface area contributed by atoms with Gasteiger partial charge in [-0.15, -0.1) is 0 Å². The van der Waals surface area contributed by atoms with E-state index in [1.54, 1.807) is 12.1 Å². The van der Waals surface area contributed by atoms with Gasteiger partial charge < -0.3 is 19.5 Å².